The molecule has 1 aliphatic carbocycles. The lowest BCUT2D eigenvalue weighted by Gasteiger charge is -2.28. The van der Waals surface area contributed by atoms with Gasteiger partial charge in [-0.05, 0) is 41.8 Å². The van der Waals surface area contributed by atoms with Crippen molar-refractivity contribution in [2.24, 2.45) is 11.7 Å². The summed E-state index contributed by atoms with van der Waals surface area (Å²) in [5.41, 5.74) is 7.70. The molecule has 1 heterocycles. The molecule has 2 aliphatic rings. The number of phenolic OH excluding ortho intramolecular Hbond substituents is 1. The number of hydrogen-bond donors (Lipinski definition) is 2. The number of allylic oxidation sites excluding steroid dienone is 4. The molecule has 6 heteroatoms. The maximum atomic E-state index is 14.5. The van der Waals surface area contributed by atoms with Gasteiger partial charge < -0.3 is 15.7 Å². The van der Waals surface area contributed by atoms with E-state index >= 15 is 0 Å². The van der Waals surface area contributed by atoms with Crippen LogP contribution in [0.1, 0.15) is 37.8 Å². The number of halogens is 2. The first kappa shape index (κ1) is 20.6. The average Bonchev–Trinajstić information content (AvgIpc) is 3.12. The zero-order chi connectivity index (χ0) is 20.3. The standard InChI is InChI=1S/C22H26ClFN2O2/c1-2-3-7-20(25)22(28)26-13-15(18-12-16(23)8-9-19(18)24)11-21(26)14-5-4-6-17(27)10-14/h4-6,8-12,18-21,27H,2-3,7,13,25H2,1H3/t18?,19?,20-,21-/m0/s1. The van der Waals surface area contributed by atoms with Crippen molar-refractivity contribution < 1.29 is 14.3 Å². The van der Waals surface area contributed by atoms with Gasteiger partial charge in [-0.25, -0.2) is 4.39 Å². The lowest BCUT2D eigenvalue weighted by atomic mass is 9.90. The average molecular weight is 405 g/mol. The highest BCUT2D eigenvalue weighted by Crippen LogP contribution is 2.38. The van der Waals surface area contributed by atoms with Gasteiger partial charge in [0.25, 0.3) is 0 Å². The Kier molecular flexibility index (Phi) is 6.57. The van der Waals surface area contributed by atoms with Crippen LogP contribution in [0.25, 0.3) is 0 Å². The van der Waals surface area contributed by atoms with E-state index in [1.807, 2.05) is 12.1 Å². The van der Waals surface area contributed by atoms with E-state index in [1.54, 1.807) is 35.3 Å². The lowest BCUT2D eigenvalue weighted by molar-refractivity contribution is -0.133. The second-order valence-electron chi connectivity index (χ2n) is 7.38. The van der Waals surface area contributed by atoms with Gasteiger partial charge in [0.2, 0.25) is 5.91 Å². The topological polar surface area (TPSA) is 66.6 Å². The monoisotopic (exact) mass is 404 g/mol. The minimum Gasteiger partial charge on any atom is -0.508 e. The number of aromatic hydroxyl groups is 1. The molecule has 1 amide bonds. The molecule has 28 heavy (non-hydrogen) atoms. The van der Waals surface area contributed by atoms with Crippen LogP contribution in [0.4, 0.5) is 4.39 Å². The second kappa shape index (κ2) is 8.93. The summed E-state index contributed by atoms with van der Waals surface area (Å²) < 4.78 is 14.5. The molecule has 0 fully saturated rings. The quantitative estimate of drug-likeness (QED) is 0.692. The summed E-state index contributed by atoms with van der Waals surface area (Å²) in [5, 5.41) is 10.4. The van der Waals surface area contributed by atoms with Gasteiger partial charge >= 0.3 is 0 Å². The summed E-state index contributed by atoms with van der Waals surface area (Å²) in [6, 6.07) is 5.78. The Morgan fingerprint density at radius 3 is 2.93 bits per heavy atom. The lowest BCUT2D eigenvalue weighted by Crippen LogP contribution is -2.44. The van der Waals surface area contributed by atoms with Crippen molar-refractivity contribution in [2.45, 2.75) is 44.4 Å². The van der Waals surface area contributed by atoms with Crippen LogP contribution in [0.5, 0.6) is 5.75 Å². The minimum absolute atomic E-state index is 0.119. The second-order valence-corrected chi connectivity index (χ2v) is 7.81. The van der Waals surface area contributed by atoms with E-state index in [2.05, 4.69) is 6.92 Å². The van der Waals surface area contributed by atoms with Crippen molar-refractivity contribution in [3.63, 3.8) is 0 Å². The number of carbonyl (C=O) groups excluding carboxylic acids is 1. The van der Waals surface area contributed by atoms with Crippen LogP contribution in [-0.2, 0) is 4.79 Å². The zero-order valence-electron chi connectivity index (χ0n) is 15.9. The number of nitrogens with two attached hydrogens (primary N) is 1. The maximum Gasteiger partial charge on any atom is 0.240 e. The van der Waals surface area contributed by atoms with Crippen LogP contribution in [0.3, 0.4) is 0 Å². The third-order valence-corrected chi connectivity index (χ3v) is 5.54. The summed E-state index contributed by atoms with van der Waals surface area (Å²) in [6.45, 7) is 2.34. The number of carbonyl (C=O) groups is 1. The molecule has 0 spiro atoms. The van der Waals surface area contributed by atoms with Crippen molar-refractivity contribution in [1.29, 1.82) is 0 Å². The third-order valence-electron chi connectivity index (χ3n) is 5.29. The molecule has 0 aromatic heterocycles. The first-order valence-electron chi connectivity index (χ1n) is 9.66. The molecule has 2 unspecified atom stereocenters. The molecule has 4 atom stereocenters. The van der Waals surface area contributed by atoms with E-state index < -0.39 is 24.2 Å². The van der Waals surface area contributed by atoms with E-state index in [0.29, 0.717) is 18.0 Å². The van der Waals surface area contributed by atoms with Crippen LogP contribution in [0.15, 0.2) is 59.2 Å². The summed E-state index contributed by atoms with van der Waals surface area (Å²) in [4.78, 5) is 14.7. The third kappa shape index (κ3) is 4.47. The highest BCUT2D eigenvalue weighted by atomic mass is 35.5. The van der Waals surface area contributed by atoms with Gasteiger partial charge in [0.05, 0.1) is 12.1 Å². The Balaban J connectivity index is 1.91. The van der Waals surface area contributed by atoms with Crippen LogP contribution < -0.4 is 5.73 Å². The first-order valence-corrected chi connectivity index (χ1v) is 10.0. The molecule has 3 rings (SSSR count). The van der Waals surface area contributed by atoms with E-state index in [1.165, 1.54) is 6.08 Å². The van der Waals surface area contributed by atoms with Crippen molar-refractivity contribution in [3.05, 3.63) is 64.7 Å². The molecular weight excluding hydrogens is 379 g/mol. The Hall–Kier alpha value is -2.11. The number of benzene rings is 1. The molecule has 0 radical (unpaired) electrons. The fraction of sp³-hybridized carbons (Fsp3) is 0.409. The van der Waals surface area contributed by atoms with Crippen LogP contribution in [0.2, 0.25) is 0 Å². The van der Waals surface area contributed by atoms with Crippen molar-refractivity contribution >= 4 is 17.5 Å². The number of rotatable bonds is 6. The molecule has 1 aromatic carbocycles. The van der Waals surface area contributed by atoms with Crippen molar-refractivity contribution in [1.82, 2.24) is 4.90 Å². The summed E-state index contributed by atoms with van der Waals surface area (Å²) in [7, 11) is 0. The fourth-order valence-electron chi connectivity index (χ4n) is 3.75. The van der Waals surface area contributed by atoms with Gasteiger partial charge in [0.1, 0.15) is 11.9 Å². The summed E-state index contributed by atoms with van der Waals surface area (Å²) >= 11 is 6.08. The number of unbranched alkanes of at least 4 members (excludes halogenated alkanes) is 1. The van der Waals surface area contributed by atoms with Crippen LogP contribution >= 0.6 is 11.6 Å². The van der Waals surface area contributed by atoms with E-state index in [-0.39, 0.29) is 11.7 Å². The fourth-order valence-corrected chi connectivity index (χ4v) is 3.96. The van der Waals surface area contributed by atoms with Gasteiger partial charge in [-0.2, -0.15) is 0 Å². The van der Waals surface area contributed by atoms with Crippen molar-refractivity contribution in [2.75, 3.05) is 6.54 Å². The molecule has 1 aromatic rings. The molecule has 0 saturated carbocycles. The first-order chi connectivity index (χ1) is 13.4. The molecule has 3 N–H and O–H groups in total. The molecule has 4 nitrogen and oxygen atoms in total. The largest absolute Gasteiger partial charge is 0.508 e. The predicted octanol–water partition coefficient (Wildman–Crippen LogP) is 4.37. The number of phenols is 1. The Morgan fingerprint density at radius 2 is 2.21 bits per heavy atom. The van der Waals surface area contributed by atoms with Gasteiger partial charge in [0.15, 0.2) is 0 Å². The number of alkyl halides is 1. The number of amides is 1. The molecular formula is C22H26ClFN2O2. The zero-order valence-corrected chi connectivity index (χ0v) is 16.6. The predicted molar refractivity (Wildman–Crippen MR) is 110 cm³/mol. The molecule has 150 valence electrons. The van der Waals surface area contributed by atoms with Crippen LogP contribution in [-0.4, -0.2) is 34.7 Å². The van der Waals surface area contributed by atoms with Gasteiger partial charge in [0, 0.05) is 17.5 Å². The van der Waals surface area contributed by atoms with Gasteiger partial charge in [-0.3, -0.25) is 4.79 Å². The summed E-state index contributed by atoms with van der Waals surface area (Å²) in [6.07, 6.45) is 7.82. The maximum absolute atomic E-state index is 14.5. The molecule has 1 aliphatic heterocycles. The minimum atomic E-state index is -1.19. The van der Waals surface area contributed by atoms with Gasteiger partial charge in [-0.1, -0.05) is 55.7 Å². The van der Waals surface area contributed by atoms with E-state index in [0.717, 1.165) is 24.0 Å². The van der Waals surface area contributed by atoms with Gasteiger partial charge in [-0.15, -0.1) is 0 Å². The Labute approximate surface area is 170 Å². The summed E-state index contributed by atoms with van der Waals surface area (Å²) in [5.74, 6) is -0.555. The highest BCUT2D eigenvalue weighted by Gasteiger charge is 2.37. The Bertz CT molecular complexity index is 821. The van der Waals surface area contributed by atoms with Crippen molar-refractivity contribution in [3.8, 4) is 5.75 Å². The molecule has 0 bridgehead atoms. The van der Waals surface area contributed by atoms with Crippen LogP contribution in [0, 0.1) is 5.92 Å². The SMILES string of the molecule is CCCC[C@H](N)C(=O)N1CC(C2C=C(Cl)C=CC2F)=C[C@H]1c1cccc(O)c1. The highest BCUT2D eigenvalue weighted by molar-refractivity contribution is 6.31. The molecule has 0 saturated heterocycles. The van der Waals surface area contributed by atoms with E-state index in [4.69, 9.17) is 17.3 Å². The number of nitrogens with zero attached hydrogens (tertiary/aromatic N) is 1. The Morgan fingerprint density at radius 1 is 1.43 bits per heavy atom. The van der Waals surface area contributed by atoms with E-state index in [9.17, 15) is 14.3 Å². The number of hydrogen-bond acceptors (Lipinski definition) is 3. The smallest absolute Gasteiger partial charge is 0.240 e. The normalized spacial score (nSPS) is 25.4.